The minimum atomic E-state index is -0.709. The van der Waals surface area contributed by atoms with Crippen LogP contribution in [0.1, 0.15) is 32.4 Å². The van der Waals surface area contributed by atoms with Crippen molar-refractivity contribution in [2.24, 2.45) is 0 Å². The minimum absolute atomic E-state index is 0.0848. The van der Waals surface area contributed by atoms with E-state index in [1.807, 2.05) is 30.3 Å². The quantitative estimate of drug-likeness (QED) is 0.630. The molecule has 0 unspecified atom stereocenters. The first-order valence-corrected chi connectivity index (χ1v) is 8.07. The van der Waals surface area contributed by atoms with Crippen LogP contribution in [0, 0.1) is 0 Å². The molecule has 4 rings (SSSR count). The number of benzene rings is 1. The van der Waals surface area contributed by atoms with Crippen LogP contribution >= 0.6 is 0 Å². The van der Waals surface area contributed by atoms with Gasteiger partial charge in [0.05, 0.1) is 11.1 Å². The number of rotatable bonds is 1. The highest BCUT2D eigenvalue weighted by molar-refractivity contribution is 6.01. The highest BCUT2D eigenvalue weighted by Gasteiger charge is 2.28. The molecule has 0 fully saturated rings. The van der Waals surface area contributed by atoms with Gasteiger partial charge in [0.15, 0.2) is 6.10 Å². The van der Waals surface area contributed by atoms with Gasteiger partial charge in [-0.1, -0.05) is 30.3 Å². The van der Waals surface area contributed by atoms with E-state index in [9.17, 15) is 9.59 Å². The lowest BCUT2D eigenvalue weighted by Crippen LogP contribution is -2.22. The summed E-state index contributed by atoms with van der Waals surface area (Å²) in [6.07, 6.45) is 2.36. The van der Waals surface area contributed by atoms with E-state index in [0.717, 1.165) is 5.56 Å². The number of carbonyl (C=O) groups is 2. The van der Waals surface area contributed by atoms with E-state index in [2.05, 4.69) is 9.97 Å². The molecule has 6 heteroatoms. The monoisotopic (exact) mass is 346 g/mol. The summed E-state index contributed by atoms with van der Waals surface area (Å²) in [5.41, 5.74) is 1.84. The number of nitrogens with zero attached hydrogens (tertiary/aromatic N) is 2. The van der Waals surface area contributed by atoms with Gasteiger partial charge in [-0.2, -0.15) is 0 Å². The molecule has 0 saturated carbocycles. The van der Waals surface area contributed by atoms with E-state index in [1.54, 1.807) is 24.3 Å². The highest BCUT2D eigenvalue weighted by Crippen LogP contribution is 2.28. The number of hydrogen-bond acceptors (Lipinski definition) is 6. The maximum Gasteiger partial charge on any atom is 0.341 e. The third-order valence-electron chi connectivity index (χ3n) is 4.07. The van der Waals surface area contributed by atoms with Crippen molar-refractivity contribution < 1.29 is 19.1 Å². The Kier molecular flexibility index (Phi) is 4.15. The van der Waals surface area contributed by atoms with Crippen molar-refractivity contribution >= 4 is 11.9 Å². The molecule has 0 bridgehead atoms. The van der Waals surface area contributed by atoms with Gasteiger partial charge < -0.3 is 9.47 Å². The van der Waals surface area contributed by atoms with Gasteiger partial charge in [0.25, 0.3) is 0 Å². The summed E-state index contributed by atoms with van der Waals surface area (Å²) in [4.78, 5) is 33.8. The third-order valence-corrected chi connectivity index (χ3v) is 4.07. The lowest BCUT2D eigenvalue weighted by molar-refractivity contribution is -0.00158. The number of hydrogen-bond donors (Lipinski definition) is 0. The third kappa shape index (κ3) is 2.93. The summed E-state index contributed by atoms with van der Waals surface area (Å²) < 4.78 is 11.0. The van der Waals surface area contributed by atoms with Crippen molar-refractivity contribution in [3.8, 4) is 11.4 Å². The van der Waals surface area contributed by atoms with E-state index in [4.69, 9.17) is 9.47 Å². The highest BCUT2D eigenvalue weighted by atomic mass is 16.6. The Morgan fingerprint density at radius 1 is 0.769 bits per heavy atom. The number of carbonyl (C=O) groups excluding carboxylic acids is 2. The summed E-state index contributed by atoms with van der Waals surface area (Å²) in [5, 5.41) is 0. The molecule has 0 spiro atoms. The SMILES string of the molecule is O=C1OC[C@H](c2ccccc2)OC(=O)c2cccnc2-c2ncccc21. The minimum Gasteiger partial charge on any atom is -0.458 e. The van der Waals surface area contributed by atoms with E-state index in [0.29, 0.717) is 11.4 Å². The Labute approximate surface area is 149 Å². The molecule has 1 atom stereocenters. The molecule has 0 radical (unpaired) electrons. The number of ether oxygens (including phenoxy) is 2. The zero-order valence-electron chi connectivity index (χ0n) is 13.7. The number of cyclic esters (lactones) is 2. The van der Waals surface area contributed by atoms with Crippen molar-refractivity contribution in [3.05, 3.63) is 83.7 Å². The van der Waals surface area contributed by atoms with Crippen molar-refractivity contribution in [2.75, 3.05) is 6.61 Å². The maximum atomic E-state index is 12.8. The predicted molar refractivity (Wildman–Crippen MR) is 92.3 cm³/mol. The zero-order valence-corrected chi connectivity index (χ0v) is 13.7. The fourth-order valence-corrected chi connectivity index (χ4v) is 2.81. The van der Waals surface area contributed by atoms with E-state index >= 15 is 0 Å². The average Bonchev–Trinajstić information content (AvgIpc) is 2.71. The van der Waals surface area contributed by atoms with Crippen molar-refractivity contribution in [3.63, 3.8) is 0 Å². The number of esters is 2. The molecule has 6 nitrogen and oxygen atoms in total. The lowest BCUT2D eigenvalue weighted by atomic mass is 10.0. The topological polar surface area (TPSA) is 78.4 Å². The van der Waals surface area contributed by atoms with Gasteiger partial charge in [0.1, 0.15) is 18.0 Å². The molecule has 0 aliphatic carbocycles. The van der Waals surface area contributed by atoms with Crippen LogP contribution in [0.3, 0.4) is 0 Å². The number of pyridine rings is 2. The molecule has 0 saturated heterocycles. The zero-order chi connectivity index (χ0) is 17.9. The van der Waals surface area contributed by atoms with Gasteiger partial charge in [-0.05, 0) is 29.8 Å². The Bertz CT molecular complexity index is 972. The first kappa shape index (κ1) is 16.0. The second kappa shape index (κ2) is 6.76. The predicted octanol–water partition coefficient (Wildman–Crippen LogP) is 3.21. The fourth-order valence-electron chi connectivity index (χ4n) is 2.81. The standard InChI is InChI=1S/C20H14N2O4/c23-19-14-8-4-10-21-17(14)18-15(9-5-11-22-18)20(24)26-16(12-25-19)13-6-2-1-3-7-13/h1-11,16H,12H2/t16-/m1/s1. The first-order chi connectivity index (χ1) is 12.7. The Morgan fingerprint density at radius 3 is 2.04 bits per heavy atom. The maximum absolute atomic E-state index is 12.8. The first-order valence-electron chi connectivity index (χ1n) is 8.07. The van der Waals surface area contributed by atoms with E-state index < -0.39 is 18.0 Å². The summed E-state index contributed by atoms with van der Waals surface area (Å²) in [6, 6.07) is 15.7. The van der Waals surface area contributed by atoms with E-state index in [-0.39, 0.29) is 17.7 Å². The van der Waals surface area contributed by atoms with Crippen LogP contribution in [0.15, 0.2) is 67.0 Å². The van der Waals surface area contributed by atoms with Gasteiger partial charge in [-0.25, -0.2) is 9.59 Å². The molecule has 1 aliphatic heterocycles. The lowest BCUT2D eigenvalue weighted by Gasteiger charge is -2.21. The molecule has 26 heavy (non-hydrogen) atoms. The van der Waals surface area contributed by atoms with Crippen LogP contribution in [0.4, 0.5) is 0 Å². The molecular weight excluding hydrogens is 332 g/mol. The van der Waals surface area contributed by atoms with Gasteiger partial charge in [-0.15, -0.1) is 0 Å². The number of aromatic nitrogens is 2. The molecule has 1 aromatic carbocycles. The van der Waals surface area contributed by atoms with Crippen molar-refractivity contribution in [1.29, 1.82) is 0 Å². The second-order valence-electron chi connectivity index (χ2n) is 5.70. The van der Waals surface area contributed by atoms with Crippen LogP contribution < -0.4 is 0 Å². The fraction of sp³-hybridized carbons (Fsp3) is 0.100. The molecular formula is C20H14N2O4. The van der Waals surface area contributed by atoms with Crippen LogP contribution in [0.5, 0.6) is 0 Å². The number of fused-ring (bicyclic) bond motifs is 3. The van der Waals surface area contributed by atoms with Crippen LogP contribution in [0.25, 0.3) is 11.4 Å². The molecule has 3 aromatic rings. The van der Waals surface area contributed by atoms with Gasteiger partial charge >= 0.3 is 11.9 Å². The van der Waals surface area contributed by atoms with Crippen LogP contribution in [0.2, 0.25) is 0 Å². The summed E-state index contributed by atoms with van der Waals surface area (Å²) >= 11 is 0. The van der Waals surface area contributed by atoms with Gasteiger partial charge in [0.2, 0.25) is 0 Å². The molecule has 0 N–H and O–H groups in total. The Morgan fingerprint density at radius 2 is 1.38 bits per heavy atom. The van der Waals surface area contributed by atoms with Crippen molar-refractivity contribution in [2.45, 2.75) is 6.10 Å². The Balaban J connectivity index is 1.84. The summed E-state index contributed by atoms with van der Waals surface area (Å²) in [6.45, 7) is -0.0848. The smallest absolute Gasteiger partial charge is 0.341 e. The largest absolute Gasteiger partial charge is 0.458 e. The van der Waals surface area contributed by atoms with E-state index in [1.165, 1.54) is 12.4 Å². The Hall–Kier alpha value is -3.54. The van der Waals surface area contributed by atoms with Crippen LogP contribution in [-0.2, 0) is 9.47 Å². The van der Waals surface area contributed by atoms with Crippen LogP contribution in [-0.4, -0.2) is 28.5 Å². The van der Waals surface area contributed by atoms with Gasteiger partial charge in [-0.3, -0.25) is 9.97 Å². The second-order valence-corrected chi connectivity index (χ2v) is 5.70. The molecule has 1 aliphatic rings. The summed E-state index contributed by atoms with van der Waals surface area (Å²) in [5.74, 6) is -1.08. The molecule has 128 valence electrons. The molecule has 3 heterocycles. The van der Waals surface area contributed by atoms with Crippen molar-refractivity contribution in [1.82, 2.24) is 9.97 Å². The molecule has 0 amide bonds. The average molecular weight is 346 g/mol. The normalized spacial score (nSPS) is 16.7. The molecule has 2 aromatic heterocycles. The summed E-state index contributed by atoms with van der Waals surface area (Å²) in [7, 11) is 0. The van der Waals surface area contributed by atoms with Gasteiger partial charge in [0, 0.05) is 12.4 Å².